The Morgan fingerprint density at radius 3 is 3.23 bits per heavy atom. The molecule has 13 heavy (non-hydrogen) atoms. The molecule has 74 valence electrons. The van der Waals surface area contributed by atoms with Gasteiger partial charge in [-0.2, -0.15) is 11.8 Å². The minimum absolute atomic E-state index is 0.281. The standard InChI is InChI=1S/C9H16N2OS/c12-9-5-10-2-3-11(9)6-8-1-4-13-7-8/h8,10H,1-7H2. The van der Waals surface area contributed by atoms with Crippen molar-refractivity contribution < 1.29 is 4.79 Å². The lowest BCUT2D eigenvalue weighted by molar-refractivity contribution is -0.132. The second-order valence-corrected chi connectivity index (χ2v) is 4.90. The van der Waals surface area contributed by atoms with Crippen LogP contribution in [0, 0.1) is 5.92 Å². The Kier molecular flexibility index (Phi) is 3.11. The summed E-state index contributed by atoms with van der Waals surface area (Å²) in [4.78, 5) is 13.5. The van der Waals surface area contributed by atoms with Crippen LogP contribution in [0.4, 0.5) is 0 Å². The number of carbonyl (C=O) groups excluding carboxylic acids is 1. The number of nitrogens with zero attached hydrogens (tertiary/aromatic N) is 1. The quantitative estimate of drug-likeness (QED) is 0.690. The summed E-state index contributed by atoms with van der Waals surface area (Å²) in [5.41, 5.74) is 0. The van der Waals surface area contributed by atoms with Crippen molar-refractivity contribution in [2.75, 3.05) is 37.7 Å². The van der Waals surface area contributed by atoms with E-state index in [2.05, 4.69) is 5.32 Å². The maximum atomic E-state index is 11.4. The van der Waals surface area contributed by atoms with E-state index in [9.17, 15) is 4.79 Å². The lowest BCUT2D eigenvalue weighted by atomic mass is 10.1. The molecule has 2 aliphatic rings. The third kappa shape index (κ3) is 2.38. The Hall–Kier alpha value is -0.220. The summed E-state index contributed by atoms with van der Waals surface area (Å²) in [7, 11) is 0. The van der Waals surface area contributed by atoms with Crippen LogP contribution in [0.3, 0.4) is 0 Å². The zero-order valence-corrected chi connectivity index (χ0v) is 8.61. The van der Waals surface area contributed by atoms with Crippen LogP contribution in [0.5, 0.6) is 0 Å². The third-order valence-corrected chi connectivity index (χ3v) is 3.92. The molecule has 0 spiro atoms. The van der Waals surface area contributed by atoms with E-state index in [1.54, 1.807) is 0 Å². The third-order valence-electron chi connectivity index (χ3n) is 2.69. The molecule has 3 nitrogen and oxygen atoms in total. The molecule has 2 rings (SSSR count). The second-order valence-electron chi connectivity index (χ2n) is 3.75. The highest BCUT2D eigenvalue weighted by molar-refractivity contribution is 7.99. The van der Waals surface area contributed by atoms with Gasteiger partial charge in [-0.05, 0) is 23.8 Å². The first kappa shape index (κ1) is 9.34. The van der Waals surface area contributed by atoms with E-state index in [0.717, 1.165) is 25.6 Å². The van der Waals surface area contributed by atoms with Gasteiger partial charge in [0.05, 0.1) is 6.54 Å². The molecule has 0 aromatic carbocycles. The molecule has 0 radical (unpaired) electrons. The van der Waals surface area contributed by atoms with E-state index in [1.165, 1.54) is 17.9 Å². The van der Waals surface area contributed by atoms with Gasteiger partial charge in [0.1, 0.15) is 0 Å². The molecule has 2 fully saturated rings. The number of hydrogen-bond acceptors (Lipinski definition) is 3. The van der Waals surface area contributed by atoms with E-state index >= 15 is 0 Å². The number of piperazine rings is 1. The fourth-order valence-corrected chi connectivity index (χ4v) is 3.15. The van der Waals surface area contributed by atoms with Crippen LogP contribution < -0.4 is 5.32 Å². The van der Waals surface area contributed by atoms with E-state index in [-0.39, 0.29) is 5.91 Å². The summed E-state index contributed by atoms with van der Waals surface area (Å²) in [5.74, 6) is 3.57. The van der Waals surface area contributed by atoms with E-state index in [0.29, 0.717) is 6.54 Å². The number of thioether (sulfide) groups is 1. The van der Waals surface area contributed by atoms with Crippen LogP contribution in [0.25, 0.3) is 0 Å². The van der Waals surface area contributed by atoms with Gasteiger partial charge in [0.25, 0.3) is 0 Å². The van der Waals surface area contributed by atoms with Crippen LogP contribution in [-0.4, -0.2) is 48.5 Å². The van der Waals surface area contributed by atoms with Crippen LogP contribution >= 0.6 is 11.8 Å². The largest absolute Gasteiger partial charge is 0.340 e. The van der Waals surface area contributed by atoms with Gasteiger partial charge in [0.15, 0.2) is 0 Å². The van der Waals surface area contributed by atoms with Crippen molar-refractivity contribution >= 4 is 17.7 Å². The summed E-state index contributed by atoms with van der Waals surface area (Å²) in [5, 5.41) is 3.09. The first-order chi connectivity index (χ1) is 6.36. The summed E-state index contributed by atoms with van der Waals surface area (Å²) in [6.07, 6.45) is 1.29. The zero-order valence-electron chi connectivity index (χ0n) is 7.79. The van der Waals surface area contributed by atoms with E-state index in [1.807, 2.05) is 16.7 Å². The molecule has 1 atom stereocenters. The van der Waals surface area contributed by atoms with Crippen LogP contribution in [-0.2, 0) is 4.79 Å². The topological polar surface area (TPSA) is 32.3 Å². The monoisotopic (exact) mass is 200 g/mol. The average Bonchev–Trinajstić information content (AvgIpc) is 2.61. The fraction of sp³-hybridized carbons (Fsp3) is 0.889. The molecule has 0 bridgehead atoms. The molecule has 0 aromatic rings. The molecule has 0 saturated carbocycles. The molecule has 1 amide bonds. The normalized spacial score (nSPS) is 29.7. The molecular formula is C9H16N2OS. The maximum Gasteiger partial charge on any atom is 0.236 e. The highest BCUT2D eigenvalue weighted by atomic mass is 32.2. The Morgan fingerprint density at radius 1 is 1.62 bits per heavy atom. The smallest absolute Gasteiger partial charge is 0.236 e. The molecule has 1 unspecified atom stereocenters. The van der Waals surface area contributed by atoms with Crippen molar-refractivity contribution in [3.05, 3.63) is 0 Å². The average molecular weight is 200 g/mol. The number of hydrogen-bond donors (Lipinski definition) is 1. The molecule has 2 heterocycles. The van der Waals surface area contributed by atoms with Crippen molar-refractivity contribution in [2.24, 2.45) is 5.92 Å². The van der Waals surface area contributed by atoms with Crippen molar-refractivity contribution in [1.82, 2.24) is 10.2 Å². The first-order valence-corrected chi connectivity index (χ1v) is 6.08. The van der Waals surface area contributed by atoms with Gasteiger partial charge in [0, 0.05) is 19.6 Å². The lowest BCUT2D eigenvalue weighted by Crippen LogP contribution is -2.49. The van der Waals surface area contributed by atoms with Gasteiger partial charge in [-0.15, -0.1) is 0 Å². The SMILES string of the molecule is O=C1CNCCN1CC1CCSC1. The van der Waals surface area contributed by atoms with Crippen LogP contribution in [0.2, 0.25) is 0 Å². The van der Waals surface area contributed by atoms with Gasteiger partial charge in [-0.1, -0.05) is 0 Å². The Bertz CT molecular complexity index is 192. The van der Waals surface area contributed by atoms with Gasteiger partial charge < -0.3 is 10.2 Å². The number of amides is 1. The van der Waals surface area contributed by atoms with E-state index < -0.39 is 0 Å². The first-order valence-electron chi connectivity index (χ1n) is 4.92. The Labute approximate surface area is 83.2 Å². The summed E-state index contributed by atoms with van der Waals surface area (Å²) in [6, 6.07) is 0. The van der Waals surface area contributed by atoms with Crippen LogP contribution in [0.15, 0.2) is 0 Å². The van der Waals surface area contributed by atoms with Crippen molar-refractivity contribution in [2.45, 2.75) is 6.42 Å². The van der Waals surface area contributed by atoms with Gasteiger partial charge in [-0.3, -0.25) is 4.79 Å². The minimum atomic E-state index is 0.281. The number of nitrogens with one attached hydrogen (secondary N) is 1. The molecule has 2 saturated heterocycles. The molecule has 2 aliphatic heterocycles. The molecular weight excluding hydrogens is 184 g/mol. The summed E-state index contributed by atoms with van der Waals surface area (Å²) >= 11 is 2.02. The Morgan fingerprint density at radius 2 is 2.54 bits per heavy atom. The molecule has 1 N–H and O–H groups in total. The van der Waals surface area contributed by atoms with Crippen LogP contribution in [0.1, 0.15) is 6.42 Å². The minimum Gasteiger partial charge on any atom is -0.340 e. The predicted molar refractivity (Wildman–Crippen MR) is 54.9 cm³/mol. The highest BCUT2D eigenvalue weighted by Crippen LogP contribution is 2.24. The molecule has 0 aliphatic carbocycles. The Balaban J connectivity index is 1.81. The van der Waals surface area contributed by atoms with Crippen molar-refractivity contribution in [1.29, 1.82) is 0 Å². The maximum absolute atomic E-state index is 11.4. The van der Waals surface area contributed by atoms with Crippen molar-refractivity contribution in [3.8, 4) is 0 Å². The lowest BCUT2D eigenvalue weighted by Gasteiger charge is -2.29. The van der Waals surface area contributed by atoms with Gasteiger partial charge in [-0.25, -0.2) is 0 Å². The molecule has 4 heteroatoms. The summed E-state index contributed by atoms with van der Waals surface area (Å²) in [6.45, 7) is 3.40. The van der Waals surface area contributed by atoms with Crippen molar-refractivity contribution in [3.63, 3.8) is 0 Å². The number of carbonyl (C=O) groups is 1. The van der Waals surface area contributed by atoms with E-state index in [4.69, 9.17) is 0 Å². The zero-order chi connectivity index (χ0) is 9.10. The highest BCUT2D eigenvalue weighted by Gasteiger charge is 2.23. The molecule has 0 aromatic heterocycles. The summed E-state index contributed by atoms with van der Waals surface area (Å²) < 4.78 is 0. The fourth-order valence-electron chi connectivity index (χ4n) is 1.88. The van der Waals surface area contributed by atoms with Gasteiger partial charge in [0.2, 0.25) is 5.91 Å². The predicted octanol–water partition coefficient (Wildman–Crippen LogP) is 0.171. The second kappa shape index (κ2) is 4.33. The van der Waals surface area contributed by atoms with Gasteiger partial charge >= 0.3 is 0 Å². The number of rotatable bonds is 2.